The van der Waals surface area contributed by atoms with Crippen molar-refractivity contribution in [1.82, 2.24) is 0 Å². The van der Waals surface area contributed by atoms with Crippen LogP contribution in [0.5, 0.6) is 0 Å². The van der Waals surface area contributed by atoms with Crippen molar-refractivity contribution in [3.8, 4) is 0 Å². The highest BCUT2D eigenvalue weighted by Gasteiger charge is 2.34. The Bertz CT molecular complexity index is 474. The van der Waals surface area contributed by atoms with Crippen molar-refractivity contribution >= 4 is 11.5 Å². The number of nitrogens with zero attached hydrogens (tertiary/aromatic N) is 1. The molecule has 0 radical (unpaired) electrons. The third-order valence-corrected chi connectivity index (χ3v) is 2.93. The number of amidine groups is 1. The van der Waals surface area contributed by atoms with Crippen LogP contribution in [0, 0.1) is 5.41 Å². The van der Waals surface area contributed by atoms with Crippen LogP contribution in [0.25, 0.3) is 0 Å². The van der Waals surface area contributed by atoms with Crippen LogP contribution in [-0.4, -0.2) is 30.6 Å². The van der Waals surface area contributed by atoms with Crippen molar-refractivity contribution in [2.24, 2.45) is 5.73 Å². The Hall–Kier alpha value is -1.76. The van der Waals surface area contributed by atoms with E-state index in [1.54, 1.807) is 0 Å². The molecule has 0 aliphatic carbocycles. The van der Waals surface area contributed by atoms with E-state index in [9.17, 15) is 13.2 Å². The minimum Gasteiger partial charge on any atom is -0.396 e. The van der Waals surface area contributed by atoms with Gasteiger partial charge in [-0.2, -0.15) is 13.2 Å². The van der Waals surface area contributed by atoms with E-state index in [0.717, 1.165) is 6.07 Å². The summed E-state index contributed by atoms with van der Waals surface area (Å²) in [5.74, 6) is -0.614. The second-order valence-electron chi connectivity index (χ2n) is 4.30. The predicted molar refractivity (Wildman–Crippen MR) is 72.0 cm³/mol. The first-order valence-corrected chi connectivity index (χ1v) is 6.22. The minimum atomic E-state index is -4.54. The zero-order valence-electron chi connectivity index (χ0n) is 11.2. The molecule has 0 heterocycles. The molecule has 0 saturated carbocycles. The van der Waals surface area contributed by atoms with Gasteiger partial charge < -0.3 is 15.7 Å². The van der Waals surface area contributed by atoms with Gasteiger partial charge in [0.2, 0.25) is 0 Å². The maximum atomic E-state index is 12.8. The van der Waals surface area contributed by atoms with Crippen molar-refractivity contribution in [3.05, 3.63) is 29.3 Å². The van der Waals surface area contributed by atoms with Crippen LogP contribution in [0.15, 0.2) is 18.2 Å². The lowest BCUT2D eigenvalue weighted by atomic mass is 10.0. The monoisotopic (exact) mass is 289 g/mol. The highest BCUT2D eigenvalue weighted by atomic mass is 19.4. The number of nitrogens with one attached hydrogen (secondary N) is 1. The van der Waals surface area contributed by atoms with Crippen LogP contribution in [0.1, 0.15) is 24.5 Å². The molecule has 0 aliphatic rings. The van der Waals surface area contributed by atoms with Gasteiger partial charge in [0.15, 0.2) is 0 Å². The van der Waals surface area contributed by atoms with E-state index < -0.39 is 17.6 Å². The van der Waals surface area contributed by atoms with Gasteiger partial charge in [0.1, 0.15) is 5.84 Å². The second-order valence-corrected chi connectivity index (χ2v) is 4.30. The number of nitrogens with two attached hydrogens (primary N) is 1. The number of hydrogen-bond acceptors (Lipinski definition) is 3. The van der Waals surface area contributed by atoms with Crippen LogP contribution in [0.4, 0.5) is 18.9 Å². The van der Waals surface area contributed by atoms with Gasteiger partial charge in [-0.1, -0.05) is 0 Å². The molecule has 7 heteroatoms. The Labute approximate surface area is 115 Å². The Kier molecular flexibility index (Phi) is 5.38. The molecule has 0 saturated heterocycles. The molecule has 0 aliphatic heterocycles. The van der Waals surface area contributed by atoms with Crippen molar-refractivity contribution in [2.45, 2.75) is 19.5 Å². The smallest absolute Gasteiger partial charge is 0.396 e. The summed E-state index contributed by atoms with van der Waals surface area (Å²) in [6.45, 7) is 2.98. The molecular formula is C13H18F3N3O. The van der Waals surface area contributed by atoms with Gasteiger partial charge in [-0.25, -0.2) is 0 Å². The molecule has 0 bridgehead atoms. The number of aliphatic hydroxyl groups is 1. The highest BCUT2D eigenvalue weighted by molar-refractivity contribution is 5.97. The fraction of sp³-hybridized carbons (Fsp3) is 0.462. The van der Waals surface area contributed by atoms with E-state index in [1.807, 2.05) is 11.8 Å². The van der Waals surface area contributed by atoms with E-state index in [-0.39, 0.29) is 12.2 Å². The number of halogens is 3. The lowest BCUT2D eigenvalue weighted by molar-refractivity contribution is -0.137. The zero-order chi connectivity index (χ0) is 15.3. The molecule has 0 fully saturated rings. The molecule has 0 aromatic heterocycles. The molecule has 0 atom stereocenters. The maximum Gasteiger partial charge on any atom is 0.417 e. The van der Waals surface area contributed by atoms with Gasteiger partial charge in [0.25, 0.3) is 0 Å². The van der Waals surface area contributed by atoms with Crippen molar-refractivity contribution in [2.75, 3.05) is 24.6 Å². The van der Waals surface area contributed by atoms with E-state index in [0.29, 0.717) is 25.2 Å². The highest BCUT2D eigenvalue weighted by Crippen LogP contribution is 2.33. The number of rotatable bonds is 6. The number of alkyl halides is 3. The summed E-state index contributed by atoms with van der Waals surface area (Å²) in [6, 6.07) is 3.57. The van der Waals surface area contributed by atoms with Gasteiger partial charge in [-0.15, -0.1) is 0 Å². The lowest BCUT2D eigenvalue weighted by Crippen LogP contribution is -2.26. The van der Waals surface area contributed by atoms with Crippen molar-refractivity contribution in [1.29, 1.82) is 5.41 Å². The molecular weight excluding hydrogens is 271 g/mol. The predicted octanol–water partition coefficient (Wildman–Crippen LogP) is 2.20. The third kappa shape index (κ3) is 3.86. The lowest BCUT2D eigenvalue weighted by Gasteiger charge is -2.24. The number of hydrogen-bond donors (Lipinski definition) is 3. The van der Waals surface area contributed by atoms with Crippen molar-refractivity contribution < 1.29 is 18.3 Å². The third-order valence-electron chi connectivity index (χ3n) is 2.93. The molecule has 112 valence electrons. The van der Waals surface area contributed by atoms with Gasteiger partial charge in [-0.3, -0.25) is 5.41 Å². The summed E-state index contributed by atoms with van der Waals surface area (Å²) < 4.78 is 38.5. The van der Waals surface area contributed by atoms with Gasteiger partial charge in [-0.05, 0) is 31.5 Å². The second kappa shape index (κ2) is 6.60. The molecule has 20 heavy (non-hydrogen) atoms. The molecule has 0 amide bonds. The summed E-state index contributed by atoms with van der Waals surface area (Å²) in [6.07, 6.45) is -4.02. The number of benzene rings is 1. The van der Waals surface area contributed by atoms with Gasteiger partial charge in [0, 0.05) is 30.9 Å². The first kappa shape index (κ1) is 16.3. The number of aliphatic hydroxyl groups excluding tert-OH is 1. The van der Waals surface area contributed by atoms with E-state index in [1.165, 1.54) is 12.1 Å². The Morgan fingerprint density at radius 1 is 1.40 bits per heavy atom. The van der Waals surface area contributed by atoms with Crippen LogP contribution >= 0.6 is 0 Å². The van der Waals surface area contributed by atoms with Crippen LogP contribution in [0.3, 0.4) is 0 Å². The standard InChI is InChI=1S/C13H18F3N3O/c1-2-19(6-3-7-20)9-4-5-11(13(14,15)16)10(8-9)12(17)18/h4-5,8,20H,2-3,6-7H2,1H3,(H3,17,18). The first-order chi connectivity index (χ1) is 9.31. The van der Waals surface area contributed by atoms with Gasteiger partial charge >= 0.3 is 6.18 Å². The normalized spacial score (nSPS) is 11.4. The molecule has 1 aromatic rings. The Morgan fingerprint density at radius 2 is 2.05 bits per heavy atom. The largest absolute Gasteiger partial charge is 0.417 e. The quantitative estimate of drug-likeness (QED) is 0.555. The summed E-state index contributed by atoms with van der Waals surface area (Å²) in [4.78, 5) is 1.82. The summed E-state index contributed by atoms with van der Waals surface area (Å²) in [5, 5.41) is 16.1. The first-order valence-electron chi connectivity index (χ1n) is 6.22. The van der Waals surface area contributed by atoms with E-state index >= 15 is 0 Å². The molecule has 0 spiro atoms. The van der Waals surface area contributed by atoms with Crippen LogP contribution in [0.2, 0.25) is 0 Å². The fourth-order valence-corrected chi connectivity index (χ4v) is 1.93. The number of anilines is 1. The van der Waals surface area contributed by atoms with E-state index in [4.69, 9.17) is 16.2 Å². The average molecular weight is 289 g/mol. The summed E-state index contributed by atoms with van der Waals surface area (Å²) in [7, 11) is 0. The molecule has 4 N–H and O–H groups in total. The Morgan fingerprint density at radius 3 is 2.50 bits per heavy atom. The van der Waals surface area contributed by atoms with E-state index in [2.05, 4.69) is 0 Å². The van der Waals surface area contributed by atoms with Crippen LogP contribution < -0.4 is 10.6 Å². The molecule has 1 aromatic carbocycles. The number of nitrogen functional groups attached to an aromatic ring is 1. The van der Waals surface area contributed by atoms with Gasteiger partial charge in [0.05, 0.1) is 5.56 Å². The zero-order valence-corrected chi connectivity index (χ0v) is 11.2. The molecule has 0 unspecified atom stereocenters. The Balaban J connectivity index is 3.19. The maximum absolute atomic E-state index is 12.8. The fourth-order valence-electron chi connectivity index (χ4n) is 1.93. The molecule has 1 rings (SSSR count). The SMILES string of the molecule is CCN(CCCO)c1ccc(C(F)(F)F)c(C(=N)N)c1. The minimum absolute atomic E-state index is 0.0106. The van der Waals surface area contributed by atoms with Crippen molar-refractivity contribution in [3.63, 3.8) is 0 Å². The summed E-state index contributed by atoms with van der Waals surface area (Å²) >= 11 is 0. The molecule has 4 nitrogen and oxygen atoms in total. The topological polar surface area (TPSA) is 73.3 Å². The average Bonchev–Trinajstić information content (AvgIpc) is 2.38. The summed E-state index contributed by atoms with van der Waals surface area (Å²) in [5.41, 5.74) is 4.57. The van der Waals surface area contributed by atoms with Crippen LogP contribution in [-0.2, 0) is 6.18 Å².